The molecule has 1 N–H and O–H groups in total. The molecule has 0 radical (unpaired) electrons. The highest BCUT2D eigenvalue weighted by Crippen LogP contribution is 2.41. The first-order valence-corrected chi connectivity index (χ1v) is 8.34. The lowest BCUT2D eigenvalue weighted by atomic mass is 9.95. The molecule has 1 aliphatic carbocycles. The summed E-state index contributed by atoms with van der Waals surface area (Å²) >= 11 is 0. The molecular formula is C18H22O6. The predicted molar refractivity (Wildman–Crippen MR) is 84.4 cm³/mol. The van der Waals surface area contributed by atoms with Crippen molar-refractivity contribution < 1.29 is 28.9 Å². The van der Waals surface area contributed by atoms with Gasteiger partial charge in [-0.2, -0.15) is 0 Å². The fourth-order valence-corrected chi connectivity index (χ4v) is 3.19. The Balaban J connectivity index is 1.64. The lowest BCUT2D eigenvalue weighted by Gasteiger charge is -2.13. The summed E-state index contributed by atoms with van der Waals surface area (Å²) in [6.07, 6.45) is 6.38. The number of rotatable bonds is 6. The zero-order valence-corrected chi connectivity index (χ0v) is 13.9. The molecule has 0 aromatic carbocycles. The van der Waals surface area contributed by atoms with Crippen molar-refractivity contribution in [2.24, 2.45) is 5.92 Å². The van der Waals surface area contributed by atoms with Crippen LogP contribution in [0.4, 0.5) is 0 Å². The van der Waals surface area contributed by atoms with E-state index < -0.39 is 24.3 Å². The van der Waals surface area contributed by atoms with Crippen LogP contribution in [-0.2, 0) is 23.8 Å². The Kier molecular flexibility index (Phi) is 4.76. The molecular weight excluding hydrogens is 312 g/mol. The minimum Gasteiger partial charge on any atom is -0.458 e. The summed E-state index contributed by atoms with van der Waals surface area (Å²) in [4.78, 5) is 23.3. The zero-order chi connectivity index (χ0) is 17.3. The molecule has 0 saturated carbocycles. The van der Waals surface area contributed by atoms with Gasteiger partial charge in [0.25, 0.3) is 6.29 Å². The first-order valence-electron chi connectivity index (χ1n) is 8.34. The number of carbonyl (C=O) groups excluding carboxylic acids is 2. The van der Waals surface area contributed by atoms with Crippen LogP contribution in [0.3, 0.4) is 0 Å². The molecule has 1 fully saturated rings. The largest absolute Gasteiger partial charge is 0.458 e. The first kappa shape index (κ1) is 16.8. The lowest BCUT2D eigenvalue weighted by molar-refractivity contribution is -0.152. The molecule has 6 nitrogen and oxygen atoms in total. The summed E-state index contributed by atoms with van der Waals surface area (Å²) in [6, 6.07) is 0. The smallest absolute Gasteiger partial charge is 0.338 e. The number of fused-ring (bicyclic) bond motifs is 1. The van der Waals surface area contributed by atoms with Crippen LogP contribution < -0.4 is 0 Å². The molecule has 0 spiro atoms. The molecule has 3 aliphatic rings. The first-order chi connectivity index (χ1) is 11.5. The maximum Gasteiger partial charge on any atom is 0.338 e. The van der Waals surface area contributed by atoms with Crippen LogP contribution in [0.5, 0.6) is 0 Å². The Labute approximate surface area is 140 Å². The maximum absolute atomic E-state index is 12.0. The van der Waals surface area contributed by atoms with E-state index in [2.05, 4.69) is 6.92 Å². The van der Waals surface area contributed by atoms with Crippen LogP contribution in [0.1, 0.15) is 39.5 Å². The van der Waals surface area contributed by atoms with Gasteiger partial charge in [-0.1, -0.05) is 19.8 Å². The Bertz CT molecular complexity index is 629. The second-order valence-corrected chi connectivity index (χ2v) is 6.41. The maximum atomic E-state index is 12.0. The van der Waals surface area contributed by atoms with E-state index in [1.54, 1.807) is 13.0 Å². The second kappa shape index (κ2) is 6.81. The second-order valence-electron chi connectivity index (χ2n) is 6.41. The van der Waals surface area contributed by atoms with Gasteiger partial charge >= 0.3 is 11.9 Å². The van der Waals surface area contributed by atoms with E-state index in [-0.39, 0.29) is 12.0 Å². The van der Waals surface area contributed by atoms with E-state index in [4.69, 9.17) is 14.2 Å². The van der Waals surface area contributed by atoms with Crippen molar-refractivity contribution in [1.29, 1.82) is 0 Å². The normalized spacial score (nSPS) is 31.5. The van der Waals surface area contributed by atoms with Gasteiger partial charge in [-0.05, 0) is 31.4 Å². The number of hydrogen-bond acceptors (Lipinski definition) is 6. The molecule has 1 saturated heterocycles. The molecule has 0 unspecified atom stereocenters. The van der Waals surface area contributed by atoms with Gasteiger partial charge in [0.1, 0.15) is 6.10 Å². The highest BCUT2D eigenvalue weighted by molar-refractivity contribution is 5.92. The van der Waals surface area contributed by atoms with Gasteiger partial charge in [-0.3, -0.25) is 0 Å². The number of aliphatic hydroxyl groups excluding tert-OH is 1. The van der Waals surface area contributed by atoms with Gasteiger partial charge in [-0.25, -0.2) is 9.59 Å². The Morgan fingerprint density at radius 2 is 2.12 bits per heavy atom. The van der Waals surface area contributed by atoms with Gasteiger partial charge in [0.05, 0.1) is 17.9 Å². The van der Waals surface area contributed by atoms with Crippen LogP contribution in [0.2, 0.25) is 0 Å². The van der Waals surface area contributed by atoms with Crippen molar-refractivity contribution in [2.75, 3.05) is 0 Å². The molecule has 130 valence electrons. The molecule has 24 heavy (non-hydrogen) atoms. The molecule has 3 rings (SSSR count). The van der Waals surface area contributed by atoms with Gasteiger partial charge < -0.3 is 19.3 Å². The van der Waals surface area contributed by atoms with Crippen LogP contribution in [-0.4, -0.2) is 35.5 Å². The Morgan fingerprint density at radius 1 is 1.33 bits per heavy atom. The summed E-state index contributed by atoms with van der Waals surface area (Å²) in [5.41, 5.74) is 1.82. The molecule has 2 aliphatic heterocycles. The molecule has 0 amide bonds. The van der Waals surface area contributed by atoms with Crippen molar-refractivity contribution in [3.8, 4) is 0 Å². The van der Waals surface area contributed by atoms with Gasteiger partial charge in [0.15, 0.2) is 0 Å². The number of esters is 2. The Morgan fingerprint density at radius 3 is 2.79 bits per heavy atom. The third-order valence-electron chi connectivity index (χ3n) is 4.63. The van der Waals surface area contributed by atoms with Crippen LogP contribution in [0, 0.1) is 5.92 Å². The van der Waals surface area contributed by atoms with E-state index in [0.717, 1.165) is 18.4 Å². The average molecular weight is 334 g/mol. The van der Waals surface area contributed by atoms with Crippen molar-refractivity contribution in [3.63, 3.8) is 0 Å². The van der Waals surface area contributed by atoms with E-state index in [1.165, 1.54) is 6.26 Å². The number of hydrogen-bond donors (Lipinski definition) is 1. The van der Waals surface area contributed by atoms with E-state index in [9.17, 15) is 14.7 Å². The highest BCUT2D eigenvalue weighted by Gasteiger charge is 2.44. The zero-order valence-electron chi connectivity index (χ0n) is 13.9. The fraction of sp³-hybridized carbons (Fsp3) is 0.556. The summed E-state index contributed by atoms with van der Waals surface area (Å²) in [5.74, 6) is -0.992. The van der Waals surface area contributed by atoms with Crippen LogP contribution in [0.15, 0.2) is 35.1 Å². The number of carbonyl (C=O) groups is 2. The van der Waals surface area contributed by atoms with Crippen molar-refractivity contribution in [3.05, 3.63) is 35.1 Å². The highest BCUT2D eigenvalue weighted by atomic mass is 16.7. The molecule has 2 heterocycles. The average Bonchev–Trinajstić information content (AvgIpc) is 3.17. The van der Waals surface area contributed by atoms with E-state index >= 15 is 0 Å². The molecule has 6 heteroatoms. The number of aliphatic hydroxyl groups is 1. The SMILES string of the molecule is CCCC[C@H](O)C1=C[C@H]2OC(=O)/C(=C/O[C@@H]3C=C(C)C(=O)O3)[C@H]2C1. The minimum absolute atomic E-state index is 0.147. The topological polar surface area (TPSA) is 82.1 Å². The summed E-state index contributed by atoms with van der Waals surface area (Å²) in [6.45, 7) is 3.72. The summed E-state index contributed by atoms with van der Waals surface area (Å²) < 4.78 is 15.7. The number of unbranched alkanes of at least 4 members (excludes halogenated alkanes) is 1. The Hall–Kier alpha value is -2.08. The van der Waals surface area contributed by atoms with E-state index in [1.807, 2.05) is 6.08 Å². The quantitative estimate of drug-likeness (QED) is 0.347. The van der Waals surface area contributed by atoms with Crippen molar-refractivity contribution >= 4 is 11.9 Å². The van der Waals surface area contributed by atoms with Crippen molar-refractivity contribution in [1.82, 2.24) is 0 Å². The third-order valence-corrected chi connectivity index (χ3v) is 4.63. The standard InChI is InChI=1S/C18H22O6/c1-3-4-5-14(19)11-7-12-13(18(21)23-15(12)8-11)9-22-16-6-10(2)17(20)24-16/h6,8-9,12,14-16,19H,3-5,7H2,1-2H3/b13-9+/t12-,14+,15-,16+/m1/s1. The predicted octanol–water partition coefficient (Wildman–Crippen LogP) is 2.14. The van der Waals surface area contributed by atoms with Crippen LogP contribution >= 0.6 is 0 Å². The summed E-state index contributed by atoms with van der Waals surface area (Å²) in [7, 11) is 0. The lowest BCUT2D eigenvalue weighted by Crippen LogP contribution is -2.13. The molecule has 4 atom stereocenters. The third kappa shape index (κ3) is 3.24. The molecule has 0 aromatic heterocycles. The van der Waals surface area contributed by atoms with Crippen LogP contribution in [0.25, 0.3) is 0 Å². The van der Waals surface area contributed by atoms with Gasteiger partial charge in [-0.15, -0.1) is 0 Å². The van der Waals surface area contributed by atoms with Gasteiger partial charge in [0.2, 0.25) is 0 Å². The monoisotopic (exact) mass is 334 g/mol. The van der Waals surface area contributed by atoms with Gasteiger partial charge in [0, 0.05) is 17.6 Å². The van der Waals surface area contributed by atoms with E-state index in [0.29, 0.717) is 24.0 Å². The number of ether oxygens (including phenoxy) is 3. The molecule has 0 aromatic rings. The summed E-state index contributed by atoms with van der Waals surface area (Å²) in [5, 5.41) is 10.2. The molecule has 0 bridgehead atoms. The number of cyclic esters (lactones) is 1. The minimum atomic E-state index is -0.805. The fourth-order valence-electron chi connectivity index (χ4n) is 3.19. The van der Waals surface area contributed by atoms with Crippen molar-refractivity contribution in [2.45, 2.75) is 58.0 Å².